The lowest BCUT2D eigenvalue weighted by Gasteiger charge is -2.38. The summed E-state index contributed by atoms with van der Waals surface area (Å²) in [6.45, 7) is 8.68. The lowest BCUT2D eigenvalue weighted by Crippen LogP contribution is -2.34. The predicted molar refractivity (Wildman–Crippen MR) is 71.9 cm³/mol. The number of rotatable bonds is 8. The molecule has 0 aromatic heterocycles. The molecule has 0 saturated carbocycles. The summed E-state index contributed by atoms with van der Waals surface area (Å²) >= 11 is 3.58. The maximum absolute atomic E-state index is 5.93. The van der Waals surface area contributed by atoms with E-state index in [0.29, 0.717) is 7.28 Å². The molecular formula is C11H24BrO2P. The molecular weight excluding hydrogens is 275 g/mol. The third kappa shape index (κ3) is 4.30. The van der Waals surface area contributed by atoms with Gasteiger partial charge in [-0.15, -0.1) is 0 Å². The van der Waals surface area contributed by atoms with E-state index >= 15 is 0 Å². The van der Waals surface area contributed by atoms with Gasteiger partial charge in [0.15, 0.2) is 6.29 Å². The second-order valence-electron chi connectivity index (χ2n) is 3.85. The van der Waals surface area contributed by atoms with Gasteiger partial charge in [0.05, 0.1) is 5.85 Å². The highest BCUT2D eigenvalue weighted by atomic mass is 79.9. The molecule has 0 fully saturated rings. The molecule has 0 aliphatic heterocycles. The highest BCUT2D eigenvalue weighted by molar-refractivity contribution is 9.36. The molecule has 0 aromatic rings. The molecule has 2 nitrogen and oxygen atoms in total. The normalized spacial score (nSPS) is 17.2. The second kappa shape index (κ2) is 8.00. The van der Waals surface area contributed by atoms with Gasteiger partial charge in [0, 0.05) is 12.5 Å². The quantitative estimate of drug-likeness (QED) is 0.484. The van der Waals surface area contributed by atoms with E-state index in [-0.39, 0.29) is 17.6 Å². The van der Waals surface area contributed by atoms with Crippen LogP contribution in [-0.4, -0.2) is 19.2 Å². The summed E-state index contributed by atoms with van der Waals surface area (Å²) in [4.78, 5) is 0. The van der Waals surface area contributed by atoms with Crippen molar-refractivity contribution in [3.05, 3.63) is 0 Å². The Morgan fingerprint density at radius 1 is 1.20 bits per heavy atom. The molecule has 4 heteroatoms. The van der Waals surface area contributed by atoms with Crippen molar-refractivity contribution < 1.29 is 9.47 Å². The van der Waals surface area contributed by atoms with Crippen molar-refractivity contribution in [3.8, 4) is 0 Å². The van der Waals surface area contributed by atoms with Crippen LogP contribution in [-0.2, 0) is 9.47 Å². The standard InChI is InChI=1S/C11H24BrO2P/c1-6-11(7-2,8-3)10(15-12)14-9(4)13-5/h9-10,15H,6-8H2,1-5H3. The van der Waals surface area contributed by atoms with Gasteiger partial charge < -0.3 is 9.47 Å². The van der Waals surface area contributed by atoms with Crippen LogP contribution in [0.2, 0.25) is 0 Å². The van der Waals surface area contributed by atoms with Crippen LogP contribution in [0.5, 0.6) is 0 Å². The topological polar surface area (TPSA) is 18.5 Å². The van der Waals surface area contributed by atoms with Gasteiger partial charge in [-0.05, 0) is 33.5 Å². The van der Waals surface area contributed by atoms with Crippen molar-refractivity contribution in [2.75, 3.05) is 7.11 Å². The van der Waals surface area contributed by atoms with Crippen LogP contribution in [0.4, 0.5) is 0 Å². The first-order chi connectivity index (χ1) is 7.10. The fourth-order valence-corrected chi connectivity index (χ4v) is 4.71. The third-order valence-electron chi connectivity index (χ3n) is 3.43. The van der Waals surface area contributed by atoms with E-state index in [1.807, 2.05) is 6.92 Å². The molecule has 0 aromatic carbocycles. The summed E-state index contributed by atoms with van der Waals surface area (Å²) in [5, 5.41) is 0. The Bertz CT molecular complexity index is 154. The molecule has 3 atom stereocenters. The Morgan fingerprint density at radius 3 is 1.93 bits per heavy atom. The molecule has 0 rings (SSSR count). The average Bonchev–Trinajstić information content (AvgIpc) is 2.29. The lowest BCUT2D eigenvalue weighted by molar-refractivity contribution is -0.150. The van der Waals surface area contributed by atoms with Gasteiger partial charge in [0.1, 0.15) is 0 Å². The average molecular weight is 299 g/mol. The Labute approximate surface area is 104 Å². The first-order valence-electron chi connectivity index (χ1n) is 5.64. The van der Waals surface area contributed by atoms with Crippen LogP contribution in [0.15, 0.2) is 0 Å². The highest BCUT2D eigenvalue weighted by Gasteiger charge is 2.35. The van der Waals surface area contributed by atoms with E-state index < -0.39 is 0 Å². The van der Waals surface area contributed by atoms with Crippen molar-refractivity contribution >= 4 is 22.8 Å². The first-order valence-corrected chi connectivity index (χ1v) is 8.98. The molecule has 0 spiro atoms. The van der Waals surface area contributed by atoms with Gasteiger partial charge >= 0.3 is 0 Å². The van der Waals surface area contributed by atoms with Crippen molar-refractivity contribution in [3.63, 3.8) is 0 Å². The highest BCUT2D eigenvalue weighted by Crippen LogP contribution is 2.47. The van der Waals surface area contributed by atoms with Crippen molar-refractivity contribution in [1.82, 2.24) is 0 Å². The minimum absolute atomic E-state index is 0.121. The molecule has 0 aliphatic carbocycles. The zero-order valence-corrected chi connectivity index (χ0v) is 13.1. The Balaban J connectivity index is 4.58. The van der Waals surface area contributed by atoms with E-state index in [0.717, 1.165) is 19.3 Å². The molecule has 92 valence electrons. The molecule has 0 radical (unpaired) electrons. The largest absolute Gasteiger partial charge is 0.356 e. The maximum Gasteiger partial charge on any atom is 0.155 e. The smallest absolute Gasteiger partial charge is 0.155 e. The fraction of sp³-hybridized carbons (Fsp3) is 1.00. The zero-order valence-electron chi connectivity index (χ0n) is 10.5. The number of halogens is 1. The van der Waals surface area contributed by atoms with E-state index in [1.165, 1.54) is 0 Å². The first kappa shape index (κ1) is 15.8. The Hall–Kier alpha value is 0.830. The van der Waals surface area contributed by atoms with Crippen LogP contribution < -0.4 is 0 Å². The Kier molecular flexibility index (Phi) is 8.44. The molecule has 0 saturated heterocycles. The van der Waals surface area contributed by atoms with Gasteiger partial charge in [-0.2, -0.15) is 0 Å². The van der Waals surface area contributed by atoms with Crippen LogP contribution in [0, 0.1) is 5.41 Å². The van der Waals surface area contributed by atoms with Gasteiger partial charge in [-0.3, -0.25) is 0 Å². The van der Waals surface area contributed by atoms with Gasteiger partial charge in [-0.25, -0.2) is 0 Å². The molecule has 0 amide bonds. The number of hydrogen-bond acceptors (Lipinski definition) is 2. The van der Waals surface area contributed by atoms with Crippen molar-refractivity contribution in [2.45, 2.75) is 59.1 Å². The van der Waals surface area contributed by atoms with Gasteiger partial charge in [-0.1, -0.05) is 36.3 Å². The fourth-order valence-electron chi connectivity index (χ4n) is 1.84. The van der Waals surface area contributed by atoms with E-state index in [9.17, 15) is 0 Å². The van der Waals surface area contributed by atoms with E-state index in [4.69, 9.17) is 9.47 Å². The molecule has 15 heavy (non-hydrogen) atoms. The molecule has 0 aliphatic rings. The summed E-state index contributed by atoms with van der Waals surface area (Å²) in [6, 6.07) is 0. The minimum Gasteiger partial charge on any atom is -0.356 e. The van der Waals surface area contributed by atoms with Crippen molar-refractivity contribution in [1.29, 1.82) is 0 Å². The van der Waals surface area contributed by atoms with Crippen LogP contribution in [0.25, 0.3) is 0 Å². The second-order valence-corrected chi connectivity index (χ2v) is 5.97. The van der Waals surface area contributed by atoms with Gasteiger partial charge in [0.25, 0.3) is 0 Å². The molecule has 0 N–H and O–H groups in total. The number of methoxy groups -OCH3 is 1. The van der Waals surface area contributed by atoms with Crippen LogP contribution in [0.1, 0.15) is 47.0 Å². The lowest BCUT2D eigenvalue weighted by atomic mass is 9.80. The monoisotopic (exact) mass is 298 g/mol. The molecule has 3 unspecified atom stereocenters. The number of ether oxygens (including phenoxy) is 2. The van der Waals surface area contributed by atoms with Crippen LogP contribution >= 0.6 is 22.8 Å². The van der Waals surface area contributed by atoms with E-state index in [2.05, 4.69) is 36.3 Å². The van der Waals surface area contributed by atoms with Crippen LogP contribution in [0.3, 0.4) is 0 Å². The predicted octanol–water partition coefficient (Wildman–Crippen LogP) is 4.53. The van der Waals surface area contributed by atoms with Gasteiger partial charge in [0.2, 0.25) is 0 Å². The maximum atomic E-state index is 5.93. The summed E-state index contributed by atoms with van der Waals surface area (Å²) in [6.07, 6.45) is 3.34. The summed E-state index contributed by atoms with van der Waals surface area (Å²) in [5.41, 5.74) is 0.286. The number of hydrogen-bond donors (Lipinski definition) is 0. The summed E-state index contributed by atoms with van der Waals surface area (Å²) < 4.78 is 11.1. The third-order valence-corrected chi connectivity index (χ3v) is 5.62. The molecule has 0 heterocycles. The minimum atomic E-state index is -0.121. The SMILES string of the molecule is CCC(CC)(CC)C(OC(C)OC)PBr. The Morgan fingerprint density at radius 2 is 1.67 bits per heavy atom. The molecule has 0 bridgehead atoms. The summed E-state index contributed by atoms with van der Waals surface area (Å²) in [7, 11) is 2.31. The van der Waals surface area contributed by atoms with Crippen molar-refractivity contribution in [2.24, 2.45) is 5.41 Å². The zero-order chi connectivity index (χ0) is 11.9. The van der Waals surface area contributed by atoms with E-state index in [1.54, 1.807) is 7.11 Å². The summed E-state index contributed by atoms with van der Waals surface area (Å²) in [5.74, 6) is 0.257.